The maximum atomic E-state index is 10.8. The van der Waals surface area contributed by atoms with Crippen LogP contribution in [0.15, 0.2) is 21.1 Å². The third-order valence-corrected chi connectivity index (χ3v) is 3.69. The lowest BCUT2D eigenvalue weighted by molar-refractivity contribution is -0.118. The van der Waals surface area contributed by atoms with Crippen molar-refractivity contribution in [2.24, 2.45) is 5.73 Å². The second-order valence-electron chi connectivity index (χ2n) is 4.27. The first-order chi connectivity index (χ1) is 8.93. The first-order valence-corrected chi connectivity index (χ1v) is 7.65. The molecule has 19 heavy (non-hydrogen) atoms. The highest BCUT2D eigenvalue weighted by Crippen LogP contribution is 2.34. The van der Waals surface area contributed by atoms with Gasteiger partial charge in [0.2, 0.25) is 5.91 Å². The number of nitrogens with one attached hydrogen (secondary N) is 1. The Balaban J connectivity index is 2.67. The van der Waals surface area contributed by atoms with Crippen LogP contribution in [0.4, 0.5) is 0 Å². The van der Waals surface area contributed by atoms with Crippen molar-refractivity contribution in [3.63, 3.8) is 0 Å². The van der Waals surface area contributed by atoms with Crippen LogP contribution < -0.4 is 15.8 Å². The van der Waals surface area contributed by atoms with Gasteiger partial charge in [-0.1, -0.05) is 0 Å². The van der Waals surface area contributed by atoms with E-state index in [9.17, 15) is 4.79 Å². The fraction of sp³-hybridized carbons (Fsp3) is 0.462. The molecule has 0 bridgehead atoms. The van der Waals surface area contributed by atoms with E-state index in [4.69, 9.17) is 10.5 Å². The van der Waals surface area contributed by atoms with Crippen LogP contribution >= 0.6 is 31.9 Å². The van der Waals surface area contributed by atoms with E-state index in [1.54, 1.807) is 0 Å². The third-order valence-electron chi connectivity index (χ3n) is 2.51. The summed E-state index contributed by atoms with van der Waals surface area (Å²) < 4.78 is 7.34. The number of carbonyl (C=O) groups is 1. The standard InChI is InChI=1S/C13H18Br2N2O2/c1-3-19-13-10(14)5-9(6-11(13)15)7-17-8(2)4-12(16)18/h5-6,8,17H,3-4,7H2,1-2H3,(H2,16,18). The molecule has 3 N–H and O–H groups in total. The van der Waals surface area contributed by atoms with E-state index in [1.165, 1.54) is 0 Å². The van der Waals surface area contributed by atoms with Gasteiger partial charge < -0.3 is 15.8 Å². The van der Waals surface area contributed by atoms with Gasteiger partial charge in [0.25, 0.3) is 0 Å². The third kappa shape index (κ3) is 5.50. The summed E-state index contributed by atoms with van der Waals surface area (Å²) in [5.41, 5.74) is 6.25. The lowest BCUT2D eigenvalue weighted by Crippen LogP contribution is -2.30. The minimum atomic E-state index is -0.297. The molecule has 6 heteroatoms. The Bertz CT molecular complexity index is 429. The molecule has 1 rings (SSSR count). The van der Waals surface area contributed by atoms with Crippen molar-refractivity contribution < 1.29 is 9.53 Å². The average molecular weight is 394 g/mol. The number of hydrogen-bond donors (Lipinski definition) is 2. The van der Waals surface area contributed by atoms with Gasteiger partial charge in [-0.05, 0) is 63.4 Å². The van der Waals surface area contributed by atoms with Gasteiger partial charge in [-0.3, -0.25) is 4.79 Å². The Morgan fingerprint density at radius 2 is 2.00 bits per heavy atom. The summed E-state index contributed by atoms with van der Waals surface area (Å²) in [5, 5.41) is 3.25. The minimum Gasteiger partial charge on any atom is -0.492 e. The second kappa shape index (κ2) is 7.87. The van der Waals surface area contributed by atoms with Gasteiger partial charge in [-0.2, -0.15) is 0 Å². The largest absolute Gasteiger partial charge is 0.492 e. The minimum absolute atomic E-state index is 0.0571. The molecule has 0 aromatic heterocycles. The summed E-state index contributed by atoms with van der Waals surface area (Å²) >= 11 is 6.98. The molecule has 1 aromatic carbocycles. The van der Waals surface area contributed by atoms with Crippen LogP contribution in [0.25, 0.3) is 0 Å². The van der Waals surface area contributed by atoms with E-state index in [1.807, 2.05) is 26.0 Å². The fourth-order valence-electron chi connectivity index (χ4n) is 1.66. The monoisotopic (exact) mass is 392 g/mol. The molecule has 0 aliphatic heterocycles. The Hall–Kier alpha value is -0.590. The SMILES string of the molecule is CCOc1c(Br)cc(CNC(C)CC(N)=O)cc1Br. The normalized spacial score (nSPS) is 12.2. The van der Waals surface area contributed by atoms with Crippen molar-refractivity contribution in [1.29, 1.82) is 0 Å². The lowest BCUT2D eigenvalue weighted by Gasteiger charge is -2.14. The molecular formula is C13H18Br2N2O2. The maximum Gasteiger partial charge on any atom is 0.218 e. The zero-order chi connectivity index (χ0) is 14.4. The quantitative estimate of drug-likeness (QED) is 0.748. The molecule has 1 aromatic rings. The number of primary amides is 1. The number of carbonyl (C=O) groups excluding carboxylic acids is 1. The molecule has 0 spiro atoms. The zero-order valence-electron chi connectivity index (χ0n) is 11.0. The maximum absolute atomic E-state index is 10.8. The molecule has 0 saturated heterocycles. The summed E-state index contributed by atoms with van der Waals surface area (Å²) in [7, 11) is 0. The summed E-state index contributed by atoms with van der Waals surface area (Å²) in [4.78, 5) is 10.8. The van der Waals surface area contributed by atoms with Crippen molar-refractivity contribution in [2.75, 3.05) is 6.61 Å². The van der Waals surface area contributed by atoms with Crippen molar-refractivity contribution in [2.45, 2.75) is 32.9 Å². The summed E-state index contributed by atoms with van der Waals surface area (Å²) in [6.07, 6.45) is 0.333. The molecular weight excluding hydrogens is 376 g/mol. The highest BCUT2D eigenvalue weighted by Gasteiger charge is 2.10. The molecule has 1 atom stereocenters. The first-order valence-electron chi connectivity index (χ1n) is 6.06. The van der Waals surface area contributed by atoms with Gasteiger partial charge in [0.15, 0.2) is 0 Å². The highest BCUT2D eigenvalue weighted by atomic mass is 79.9. The predicted octanol–water partition coefficient (Wildman–Crippen LogP) is 2.96. The topological polar surface area (TPSA) is 64.3 Å². The van der Waals surface area contributed by atoms with Crippen molar-refractivity contribution in [1.82, 2.24) is 5.32 Å². The van der Waals surface area contributed by atoms with Gasteiger partial charge in [-0.15, -0.1) is 0 Å². The predicted molar refractivity (Wildman–Crippen MR) is 83.1 cm³/mol. The van der Waals surface area contributed by atoms with Crippen LogP contribution in [-0.4, -0.2) is 18.6 Å². The summed E-state index contributed by atoms with van der Waals surface area (Å²) in [6.45, 7) is 5.16. The van der Waals surface area contributed by atoms with Crippen molar-refractivity contribution >= 4 is 37.8 Å². The molecule has 0 radical (unpaired) electrons. The molecule has 4 nitrogen and oxygen atoms in total. The van der Waals surface area contributed by atoms with E-state index in [2.05, 4.69) is 37.2 Å². The molecule has 0 aliphatic rings. The van der Waals surface area contributed by atoms with Crippen LogP contribution in [0.2, 0.25) is 0 Å². The Morgan fingerprint density at radius 1 is 1.42 bits per heavy atom. The smallest absolute Gasteiger partial charge is 0.218 e. The van der Waals surface area contributed by atoms with E-state index >= 15 is 0 Å². The Kier molecular flexibility index (Phi) is 6.82. The van der Waals surface area contributed by atoms with E-state index in [0.717, 1.165) is 20.3 Å². The molecule has 1 amide bonds. The number of ether oxygens (including phenoxy) is 1. The van der Waals surface area contributed by atoms with Gasteiger partial charge >= 0.3 is 0 Å². The van der Waals surface area contributed by atoms with Crippen LogP contribution in [0.5, 0.6) is 5.75 Å². The summed E-state index contributed by atoms with van der Waals surface area (Å²) in [5.74, 6) is 0.505. The van der Waals surface area contributed by atoms with Crippen LogP contribution in [-0.2, 0) is 11.3 Å². The number of halogens is 2. The van der Waals surface area contributed by atoms with Gasteiger partial charge in [0, 0.05) is 19.0 Å². The van der Waals surface area contributed by atoms with Crippen LogP contribution in [0.3, 0.4) is 0 Å². The van der Waals surface area contributed by atoms with Crippen molar-refractivity contribution in [3.05, 3.63) is 26.6 Å². The van der Waals surface area contributed by atoms with Gasteiger partial charge in [-0.25, -0.2) is 0 Å². The van der Waals surface area contributed by atoms with Crippen molar-refractivity contribution in [3.8, 4) is 5.75 Å². The number of benzene rings is 1. The van der Waals surface area contributed by atoms with E-state index in [0.29, 0.717) is 19.6 Å². The Labute approximate surface area is 130 Å². The molecule has 0 fully saturated rings. The van der Waals surface area contributed by atoms with Crippen LogP contribution in [0, 0.1) is 0 Å². The molecule has 0 aliphatic carbocycles. The first kappa shape index (κ1) is 16.5. The van der Waals surface area contributed by atoms with E-state index < -0.39 is 0 Å². The number of nitrogens with two attached hydrogens (primary N) is 1. The zero-order valence-corrected chi connectivity index (χ0v) is 14.2. The number of hydrogen-bond acceptors (Lipinski definition) is 3. The molecule has 1 unspecified atom stereocenters. The van der Waals surface area contributed by atoms with Gasteiger partial charge in [0.05, 0.1) is 15.6 Å². The number of rotatable bonds is 7. The molecule has 0 saturated carbocycles. The van der Waals surface area contributed by atoms with E-state index in [-0.39, 0.29) is 11.9 Å². The fourth-order valence-corrected chi connectivity index (χ4v) is 3.17. The highest BCUT2D eigenvalue weighted by molar-refractivity contribution is 9.11. The second-order valence-corrected chi connectivity index (χ2v) is 5.98. The molecule has 106 valence electrons. The number of amides is 1. The lowest BCUT2D eigenvalue weighted by atomic mass is 10.2. The Morgan fingerprint density at radius 3 is 2.47 bits per heavy atom. The average Bonchev–Trinajstić information content (AvgIpc) is 2.30. The molecule has 0 heterocycles. The van der Waals surface area contributed by atoms with Crippen LogP contribution in [0.1, 0.15) is 25.8 Å². The summed E-state index contributed by atoms with van der Waals surface area (Å²) in [6, 6.07) is 4.06. The van der Waals surface area contributed by atoms with Gasteiger partial charge in [0.1, 0.15) is 5.75 Å².